The van der Waals surface area contributed by atoms with Crippen LogP contribution in [0.4, 0.5) is 10.7 Å². The molecule has 0 bridgehead atoms. The Morgan fingerprint density at radius 2 is 1.75 bits per heavy atom. The van der Waals surface area contributed by atoms with Gasteiger partial charge in [-0.1, -0.05) is 22.4 Å². The highest BCUT2D eigenvalue weighted by molar-refractivity contribution is 9.10. The maximum absolute atomic E-state index is 13.0. The number of anilines is 2. The van der Waals surface area contributed by atoms with Crippen molar-refractivity contribution in [2.75, 3.05) is 30.3 Å². The number of carbonyl (C=O) groups is 2. The van der Waals surface area contributed by atoms with Crippen molar-refractivity contribution in [1.82, 2.24) is 4.90 Å². The Balaban J connectivity index is 1.50. The molecule has 1 saturated heterocycles. The lowest BCUT2D eigenvalue weighted by atomic mass is 10.1. The van der Waals surface area contributed by atoms with E-state index in [4.69, 9.17) is 0 Å². The molecule has 1 aromatic carbocycles. The van der Waals surface area contributed by atoms with E-state index >= 15 is 0 Å². The van der Waals surface area contributed by atoms with Gasteiger partial charge in [0.2, 0.25) is 5.91 Å². The van der Waals surface area contributed by atoms with Gasteiger partial charge in [0.1, 0.15) is 5.00 Å². The fourth-order valence-electron chi connectivity index (χ4n) is 3.95. The summed E-state index contributed by atoms with van der Waals surface area (Å²) in [4.78, 5) is 29.1. The number of likely N-dealkylation sites (tertiary alicyclic amines) is 1. The summed E-state index contributed by atoms with van der Waals surface area (Å²) in [5.74, 6) is -0.172. The summed E-state index contributed by atoms with van der Waals surface area (Å²) in [5.41, 5.74) is 2.50. The van der Waals surface area contributed by atoms with Crippen LogP contribution in [0.3, 0.4) is 0 Å². The molecule has 148 valence electrons. The van der Waals surface area contributed by atoms with Crippen molar-refractivity contribution < 1.29 is 9.59 Å². The number of amides is 2. The van der Waals surface area contributed by atoms with Crippen molar-refractivity contribution >= 4 is 49.8 Å². The Labute approximate surface area is 177 Å². The summed E-state index contributed by atoms with van der Waals surface area (Å²) < 4.78 is 0.965. The fourth-order valence-corrected chi connectivity index (χ4v) is 5.51. The molecule has 2 N–H and O–H groups in total. The first-order valence-corrected chi connectivity index (χ1v) is 11.4. The second kappa shape index (κ2) is 8.76. The first-order valence-electron chi connectivity index (χ1n) is 9.84. The van der Waals surface area contributed by atoms with Crippen molar-refractivity contribution in [3.63, 3.8) is 0 Å². The third-order valence-corrected chi connectivity index (χ3v) is 7.06. The van der Waals surface area contributed by atoms with Crippen molar-refractivity contribution in [3.05, 3.63) is 44.7 Å². The lowest BCUT2D eigenvalue weighted by Gasteiger charge is -2.25. The van der Waals surface area contributed by atoms with Crippen molar-refractivity contribution in [2.24, 2.45) is 0 Å². The number of thiophene rings is 1. The van der Waals surface area contributed by atoms with Gasteiger partial charge in [0, 0.05) is 15.0 Å². The third kappa shape index (κ3) is 4.47. The van der Waals surface area contributed by atoms with E-state index in [1.165, 1.54) is 11.3 Å². The lowest BCUT2D eigenvalue weighted by molar-refractivity contribution is -0.117. The monoisotopic (exact) mass is 461 g/mol. The van der Waals surface area contributed by atoms with Crippen molar-refractivity contribution in [3.8, 4) is 0 Å². The number of carbonyl (C=O) groups excluding carboxylic acids is 2. The smallest absolute Gasteiger partial charge is 0.258 e. The molecule has 1 aliphatic carbocycles. The molecular formula is C21H24BrN3O2S. The Morgan fingerprint density at radius 1 is 1.00 bits per heavy atom. The summed E-state index contributed by atoms with van der Waals surface area (Å²) >= 11 is 4.97. The summed E-state index contributed by atoms with van der Waals surface area (Å²) in [6.45, 7) is 2.35. The largest absolute Gasteiger partial charge is 0.322 e. The summed E-state index contributed by atoms with van der Waals surface area (Å²) in [7, 11) is 0. The van der Waals surface area contributed by atoms with Crippen LogP contribution in [0.25, 0.3) is 0 Å². The minimum Gasteiger partial charge on any atom is -0.322 e. The predicted octanol–water partition coefficient (Wildman–Crippen LogP) is 4.68. The quantitative estimate of drug-likeness (QED) is 0.679. The topological polar surface area (TPSA) is 61.4 Å². The van der Waals surface area contributed by atoms with E-state index < -0.39 is 0 Å². The molecule has 28 heavy (non-hydrogen) atoms. The van der Waals surface area contributed by atoms with Gasteiger partial charge < -0.3 is 10.6 Å². The van der Waals surface area contributed by atoms with Gasteiger partial charge in [0.25, 0.3) is 5.91 Å². The highest BCUT2D eigenvalue weighted by Crippen LogP contribution is 2.39. The van der Waals surface area contributed by atoms with Gasteiger partial charge in [0.05, 0.1) is 12.1 Å². The molecule has 2 aliphatic rings. The van der Waals surface area contributed by atoms with Gasteiger partial charge >= 0.3 is 0 Å². The van der Waals surface area contributed by atoms with Crippen LogP contribution in [0.5, 0.6) is 0 Å². The standard InChI is InChI=1S/C21H24BrN3O2S/c22-14-7-9-15(10-8-14)23-20(27)19-16-5-4-6-17(16)28-21(19)24-18(26)13-25-11-2-1-3-12-25/h7-10H,1-6,11-13H2,(H,23,27)(H,24,26). The van der Waals surface area contributed by atoms with Gasteiger partial charge in [-0.05, 0) is 75.0 Å². The third-order valence-electron chi connectivity index (χ3n) is 5.32. The normalized spacial score (nSPS) is 16.6. The van der Waals surface area contributed by atoms with E-state index in [-0.39, 0.29) is 11.8 Å². The molecule has 1 fully saturated rings. The number of nitrogens with one attached hydrogen (secondary N) is 2. The number of nitrogens with zero attached hydrogens (tertiary/aromatic N) is 1. The number of benzene rings is 1. The molecule has 0 unspecified atom stereocenters. The molecular weight excluding hydrogens is 438 g/mol. The van der Waals surface area contributed by atoms with E-state index in [0.717, 1.165) is 60.9 Å². The molecule has 4 rings (SSSR count). The summed E-state index contributed by atoms with van der Waals surface area (Å²) in [6.07, 6.45) is 6.51. The van der Waals surface area contributed by atoms with Crippen LogP contribution < -0.4 is 10.6 Å². The Kier molecular flexibility index (Phi) is 6.13. The highest BCUT2D eigenvalue weighted by Gasteiger charge is 2.28. The Bertz CT molecular complexity index is 873. The zero-order chi connectivity index (χ0) is 19.5. The average molecular weight is 462 g/mol. The minimum absolute atomic E-state index is 0.0282. The number of aryl methyl sites for hydroxylation is 1. The molecule has 2 amide bonds. The first-order chi connectivity index (χ1) is 13.6. The molecule has 0 radical (unpaired) electrons. The summed E-state index contributed by atoms with van der Waals surface area (Å²) in [5, 5.41) is 6.71. The van der Waals surface area contributed by atoms with Crippen LogP contribution in [-0.4, -0.2) is 36.3 Å². The maximum Gasteiger partial charge on any atom is 0.258 e. The number of halogens is 1. The summed E-state index contributed by atoms with van der Waals surface area (Å²) in [6, 6.07) is 7.52. The molecule has 7 heteroatoms. The highest BCUT2D eigenvalue weighted by atomic mass is 79.9. The van der Waals surface area contributed by atoms with Gasteiger partial charge in [-0.25, -0.2) is 0 Å². The van der Waals surface area contributed by atoms with Gasteiger partial charge in [-0.2, -0.15) is 0 Å². The van der Waals surface area contributed by atoms with E-state index in [9.17, 15) is 9.59 Å². The van der Waals surface area contributed by atoms with Crippen LogP contribution in [0.15, 0.2) is 28.7 Å². The van der Waals surface area contributed by atoms with E-state index in [1.54, 1.807) is 11.3 Å². The molecule has 2 aromatic rings. The van der Waals surface area contributed by atoms with E-state index in [1.807, 2.05) is 24.3 Å². The number of hydrogen-bond donors (Lipinski definition) is 2. The number of fused-ring (bicyclic) bond motifs is 1. The maximum atomic E-state index is 13.0. The second-order valence-electron chi connectivity index (χ2n) is 7.41. The van der Waals surface area contributed by atoms with Gasteiger partial charge in [-0.3, -0.25) is 14.5 Å². The van der Waals surface area contributed by atoms with Crippen LogP contribution in [-0.2, 0) is 17.6 Å². The van der Waals surface area contributed by atoms with E-state index in [2.05, 4.69) is 31.5 Å². The molecule has 0 saturated carbocycles. The molecule has 0 atom stereocenters. The van der Waals surface area contributed by atoms with Crippen LogP contribution in [0.1, 0.15) is 46.5 Å². The van der Waals surface area contributed by atoms with Crippen molar-refractivity contribution in [1.29, 1.82) is 0 Å². The Morgan fingerprint density at radius 3 is 2.50 bits per heavy atom. The zero-order valence-electron chi connectivity index (χ0n) is 15.7. The molecule has 0 spiro atoms. The molecule has 5 nitrogen and oxygen atoms in total. The SMILES string of the molecule is O=C(CN1CCCCC1)Nc1sc2c(c1C(=O)Nc1ccc(Br)cc1)CCC2. The van der Waals surface area contributed by atoms with Crippen LogP contribution in [0, 0.1) is 0 Å². The van der Waals surface area contributed by atoms with Crippen molar-refractivity contribution in [2.45, 2.75) is 38.5 Å². The van der Waals surface area contributed by atoms with E-state index in [0.29, 0.717) is 17.1 Å². The molecule has 1 aromatic heterocycles. The lowest BCUT2D eigenvalue weighted by Crippen LogP contribution is -2.37. The predicted molar refractivity (Wildman–Crippen MR) is 117 cm³/mol. The minimum atomic E-state index is -0.144. The molecule has 2 heterocycles. The number of rotatable bonds is 5. The molecule has 1 aliphatic heterocycles. The van der Waals surface area contributed by atoms with Crippen LogP contribution >= 0.6 is 27.3 Å². The van der Waals surface area contributed by atoms with Crippen LogP contribution in [0.2, 0.25) is 0 Å². The fraction of sp³-hybridized carbons (Fsp3) is 0.429. The average Bonchev–Trinajstić information content (AvgIpc) is 3.25. The van der Waals surface area contributed by atoms with Gasteiger partial charge in [0.15, 0.2) is 0 Å². The van der Waals surface area contributed by atoms with Gasteiger partial charge in [-0.15, -0.1) is 11.3 Å². The second-order valence-corrected chi connectivity index (χ2v) is 9.43. The Hall–Kier alpha value is -1.70. The zero-order valence-corrected chi connectivity index (χ0v) is 18.1. The first kappa shape index (κ1) is 19.6. The number of piperidine rings is 1. The number of hydrogen-bond acceptors (Lipinski definition) is 4.